The van der Waals surface area contributed by atoms with Gasteiger partial charge in [-0.3, -0.25) is 4.79 Å². The lowest BCUT2D eigenvalue weighted by Crippen LogP contribution is -2.43. The summed E-state index contributed by atoms with van der Waals surface area (Å²) >= 11 is 0. The maximum Gasteiger partial charge on any atom is 0.350 e. The van der Waals surface area contributed by atoms with Crippen molar-refractivity contribution in [3.8, 4) is 5.75 Å². The molecule has 0 aliphatic carbocycles. The van der Waals surface area contributed by atoms with E-state index in [-0.39, 0.29) is 5.78 Å². The van der Waals surface area contributed by atoms with Gasteiger partial charge >= 0.3 is 5.97 Å². The third-order valence-electron chi connectivity index (χ3n) is 4.70. The van der Waals surface area contributed by atoms with Crippen molar-refractivity contribution < 1.29 is 19.1 Å². The van der Waals surface area contributed by atoms with E-state index < -0.39 is 17.2 Å². The van der Waals surface area contributed by atoms with Crippen molar-refractivity contribution in [2.75, 3.05) is 0 Å². The highest BCUT2D eigenvalue weighted by molar-refractivity contribution is 6.04. The maximum absolute atomic E-state index is 12.5. The number of hydrogen-bond donors (Lipinski definition) is 0. The van der Waals surface area contributed by atoms with E-state index in [1.807, 2.05) is 71.0 Å². The van der Waals surface area contributed by atoms with Crippen molar-refractivity contribution in [3.63, 3.8) is 0 Å². The molecule has 0 atom stereocenters. The molecule has 2 aromatic rings. The van der Waals surface area contributed by atoms with Gasteiger partial charge in [0.1, 0.15) is 11.4 Å². The minimum absolute atomic E-state index is 0.0149. The van der Waals surface area contributed by atoms with Crippen LogP contribution in [0.25, 0.3) is 0 Å². The number of benzene rings is 2. The highest BCUT2D eigenvalue weighted by Gasteiger charge is 2.35. The van der Waals surface area contributed by atoms with Gasteiger partial charge in [0.25, 0.3) is 0 Å². The lowest BCUT2D eigenvalue weighted by Gasteiger charge is -2.30. The van der Waals surface area contributed by atoms with E-state index in [4.69, 9.17) is 9.47 Å². The van der Waals surface area contributed by atoms with Crippen molar-refractivity contribution in [3.05, 3.63) is 76.9 Å². The summed E-state index contributed by atoms with van der Waals surface area (Å²) in [5, 5.41) is 0. The van der Waals surface area contributed by atoms with Gasteiger partial charge in [-0.05, 0) is 84.1 Å². The topological polar surface area (TPSA) is 52.6 Å². The van der Waals surface area contributed by atoms with Gasteiger partial charge in [0.05, 0.1) is 0 Å². The lowest BCUT2D eigenvalue weighted by atomic mass is 10.0. The number of rotatable bonds is 8. The zero-order valence-electron chi connectivity index (χ0n) is 19.7. The van der Waals surface area contributed by atoms with Gasteiger partial charge in [0, 0.05) is 5.56 Å². The lowest BCUT2D eigenvalue weighted by molar-refractivity contribution is -0.171. The molecular formula is C27H34O4. The number of esters is 1. The number of aryl methyl sites for hydroxylation is 3. The number of ketones is 1. The predicted octanol–water partition coefficient (Wildman–Crippen LogP) is 6.17. The van der Waals surface area contributed by atoms with Crippen molar-refractivity contribution in [1.29, 1.82) is 0 Å². The van der Waals surface area contributed by atoms with Crippen LogP contribution in [-0.2, 0) is 16.0 Å². The van der Waals surface area contributed by atoms with Gasteiger partial charge in [-0.15, -0.1) is 0 Å². The van der Waals surface area contributed by atoms with E-state index in [2.05, 4.69) is 12.1 Å². The van der Waals surface area contributed by atoms with E-state index in [1.165, 1.54) is 0 Å². The van der Waals surface area contributed by atoms with Crippen LogP contribution in [-0.4, -0.2) is 23.0 Å². The third kappa shape index (κ3) is 7.39. The van der Waals surface area contributed by atoms with Crippen LogP contribution in [0.4, 0.5) is 0 Å². The van der Waals surface area contributed by atoms with E-state index in [0.717, 1.165) is 29.5 Å². The summed E-state index contributed by atoms with van der Waals surface area (Å²) in [6.07, 6.45) is 5.13. The van der Waals surface area contributed by atoms with Gasteiger partial charge < -0.3 is 9.47 Å². The molecule has 0 saturated heterocycles. The summed E-state index contributed by atoms with van der Waals surface area (Å²) in [5.41, 5.74) is 2.13. The molecule has 0 radical (unpaired) electrons. The molecule has 2 rings (SSSR count). The summed E-state index contributed by atoms with van der Waals surface area (Å²) in [6, 6.07) is 13.4. The highest BCUT2D eigenvalue weighted by atomic mass is 16.6. The summed E-state index contributed by atoms with van der Waals surface area (Å²) in [6.45, 7) is 12.9. The summed E-state index contributed by atoms with van der Waals surface area (Å²) in [4.78, 5) is 24.7. The Balaban J connectivity index is 2.02. The van der Waals surface area contributed by atoms with Gasteiger partial charge in [-0.2, -0.15) is 0 Å². The fourth-order valence-electron chi connectivity index (χ4n) is 3.18. The van der Waals surface area contributed by atoms with E-state index in [1.54, 1.807) is 19.9 Å². The van der Waals surface area contributed by atoms with Crippen LogP contribution in [0.5, 0.6) is 5.75 Å². The van der Waals surface area contributed by atoms with Crippen LogP contribution in [0.3, 0.4) is 0 Å². The standard InChI is InChI=1S/C27H34O4/c1-19-17-21(13-11-12-16-23(28)22-14-9-8-10-15-22)18-20(2)24(19)30-27(6,7)25(29)31-26(3,4)5/h8-10,12,14-18H,11,13H2,1-7H3/b16-12+. The minimum Gasteiger partial charge on any atom is -0.476 e. The summed E-state index contributed by atoms with van der Waals surface area (Å²) < 4.78 is 11.6. The largest absolute Gasteiger partial charge is 0.476 e. The second-order valence-electron chi connectivity index (χ2n) is 9.34. The SMILES string of the molecule is Cc1cc(CC/C=C/C(=O)c2ccccc2)cc(C)c1OC(C)(C)C(=O)OC(C)(C)C. The molecule has 0 heterocycles. The first-order valence-corrected chi connectivity index (χ1v) is 10.7. The minimum atomic E-state index is -1.09. The molecule has 2 aromatic carbocycles. The molecule has 4 nitrogen and oxygen atoms in total. The fourth-order valence-corrected chi connectivity index (χ4v) is 3.18. The highest BCUT2D eigenvalue weighted by Crippen LogP contribution is 2.30. The van der Waals surface area contributed by atoms with Gasteiger partial charge in [-0.1, -0.05) is 48.5 Å². The Kier molecular flexibility index (Phi) is 7.83. The predicted molar refractivity (Wildman–Crippen MR) is 125 cm³/mol. The van der Waals surface area contributed by atoms with Crippen LogP contribution >= 0.6 is 0 Å². The van der Waals surface area contributed by atoms with Crippen LogP contribution in [0.1, 0.15) is 68.1 Å². The number of hydrogen-bond acceptors (Lipinski definition) is 4. The maximum atomic E-state index is 12.5. The van der Waals surface area contributed by atoms with Crippen molar-refractivity contribution in [2.24, 2.45) is 0 Å². The van der Waals surface area contributed by atoms with Crippen LogP contribution in [0.2, 0.25) is 0 Å². The first-order valence-electron chi connectivity index (χ1n) is 10.7. The molecule has 0 amide bonds. The number of allylic oxidation sites excluding steroid dienone is 2. The Labute approximate surface area is 186 Å². The fraction of sp³-hybridized carbons (Fsp3) is 0.407. The first kappa shape index (κ1) is 24.4. The number of carbonyl (C=O) groups excluding carboxylic acids is 2. The molecular weight excluding hydrogens is 388 g/mol. The molecule has 4 heteroatoms. The van der Waals surface area contributed by atoms with Crippen molar-refractivity contribution in [2.45, 2.75) is 72.5 Å². The Hall–Kier alpha value is -2.88. The molecule has 0 saturated carbocycles. The Morgan fingerprint density at radius 3 is 2.06 bits per heavy atom. The zero-order chi connectivity index (χ0) is 23.2. The smallest absolute Gasteiger partial charge is 0.350 e. The van der Waals surface area contributed by atoms with Crippen LogP contribution in [0, 0.1) is 13.8 Å². The number of carbonyl (C=O) groups is 2. The Morgan fingerprint density at radius 1 is 0.935 bits per heavy atom. The first-order chi connectivity index (χ1) is 14.4. The summed E-state index contributed by atoms with van der Waals surface area (Å²) in [5.74, 6) is 0.326. The van der Waals surface area contributed by atoms with E-state index >= 15 is 0 Å². The molecule has 0 unspecified atom stereocenters. The Bertz CT molecular complexity index is 924. The zero-order valence-corrected chi connectivity index (χ0v) is 19.7. The van der Waals surface area contributed by atoms with Crippen LogP contribution in [0.15, 0.2) is 54.6 Å². The number of ether oxygens (including phenoxy) is 2. The van der Waals surface area contributed by atoms with Crippen molar-refractivity contribution in [1.82, 2.24) is 0 Å². The molecule has 0 aliphatic heterocycles. The molecule has 0 N–H and O–H groups in total. The second kappa shape index (κ2) is 9.95. The average molecular weight is 423 g/mol. The normalized spacial score (nSPS) is 12.1. The molecule has 0 aliphatic rings. The van der Waals surface area contributed by atoms with E-state index in [0.29, 0.717) is 11.3 Å². The Morgan fingerprint density at radius 2 is 1.52 bits per heavy atom. The molecule has 0 bridgehead atoms. The monoisotopic (exact) mass is 422 g/mol. The average Bonchev–Trinajstić information content (AvgIpc) is 2.67. The molecule has 166 valence electrons. The third-order valence-corrected chi connectivity index (χ3v) is 4.70. The van der Waals surface area contributed by atoms with Gasteiger partial charge in [0.15, 0.2) is 11.4 Å². The molecule has 0 aromatic heterocycles. The quantitative estimate of drug-likeness (QED) is 0.290. The van der Waals surface area contributed by atoms with Crippen molar-refractivity contribution >= 4 is 11.8 Å². The second-order valence-corrected chi connectivity index (χ2v) is 9.34. The molecule has 31 heavy (non-hydrogen) atoms. The molecule has 0 spiro atoms. The van der Waals surface area contributed by atoms with Gasteiger partial charge in [-0.25, -0.2) is 4.79 Å². The molecule has 0 fully saturated rings. The van der Waals surface area contributed by atoms with E-state index in [9.17, 15) is 9.59 Å². The summed E-state index contributed by atoms with van der Waals surface area (Å²) in [7, 11) is 0. The van der Waals surface area contributed by atoms with Gasteiger partial charge in [0.2, 0.25) is 0 Å². The van der Waals surface area contributed by atoms with Crippen LogP contribution < -0.4 is 4.74 Å².